The third-order valence-electron chi connectivity index (χ3n) is 5.07. The normalized spacial score (nSPS) is 44.4. The summed E-state index contributed by atoms with van der Waals surface area (Å²) in [6.45, 7) is 3.07. The summed E-state index contributed by atoms with van der Waals surface area (Å²) in [4.78, 5) is 13.5. The van der Waals surface area contributed by atoms with Crippen molar-refractivity contribution in [3.05, 3.63) is 0 Å². The zero-order chi connectivity index (χ0) is 12.7. The Morgan fingerprint density at radius 3 is 2.44 bits per heavy atom. The van der Waals surface area contributed by atoms with E-state index in [1.807, 2.05) is 0 Å². The minimum Gasteiger partial charge on any atom is -0.481 e. The number of nitrogens with zero attached hydrogens (tertiary/aromatic N) is 1. The molecule has 0 spiro atoms. The third-order valence-corrected chi connectivity index (χ3v) is 5.07. The first-order chi connectivity index (χ1) is 8.65. The van der Waals surface area contributed by atoms with Crippen LogP contribution in [0, 0.1) is 5.92 Å². The lowest BCUT2D eigenvalue weighted by atomic mass is 9.86. The van der Waals surface area contributed by atoms with Crippen molar-refractivity contribution in [2.24, 2.45) is 5.92 Å². The number of piperidine rings is 1. The van der Waals surface area contributed by atoms with Crippen LogP contribution in [0.1, 0.15) is 45.4 Å². The van der Waals surface area contributed by atoms with E-state index < -0.39 is 5.97 Å². The van der Waals surface area contributed by atoms with Crippen LogP contribution in [0.2, 0.25) is 0 Å². The molecule has 1 N–H and O–H groups in total. The van der Waals surface area contributed by atoms with Gasteiger partial charge < -0.3 is 9.84 Å². The van der Waals surface area contributed by atoms with Gasteiger partial charge in [0.05, 0.1) is 6.10 Å². The number of fused-ring (bicyclic) bond motifs is 2. The quantitative estimate of drug-likeness (QED) is 0.834. The Bertz CT molecular complexity index is 319. The van der Waals surface area contributed by atoms with Crippen molar-refractivity contribution < 1.29 is 14.6 Å². The van der Waals surface area contributed by atoms with Crippen LogP contribution in [0.25, 0.3) is 0 Å². The van der Waals surface area contributed by atoms with Crippen LogP contribution in [0.3, 0.4) is 0 Å². The number of carboxylic acids is 1. The van der Waals surface area contributed by atoms with E-state index in [-0.39, 0.29) is 0 Å². The Morgan fingerprint density at radius 1 is 1.28 bits per heavy atom. The Hall–Kier alpha value is -0.610. The number of carboxylic acid groups (broad SMARTS) is 1. The van der Waals surface area contributed by atoms with E-state index in [1.165, 1.54) is 12.8 Å². The van der Waals surface area contributed by atoms with E-state index in [0.717, 1.165) is 25.9 Å². The molecule has 3 fully saturated rings. The first-order valence-corrected chi connectivity index (χ1v) is 7.26. The van der Waals surface area contributed by atoms with Gasteiger partial charge in [-0.1, -0.05) is 0 Å². The number of carbonyl (C=O) groups is 1. The Kier molecular flexibility index (Phi) is 3.32. The molecule has 3 heterocycles. The molecule has 0 aliphatic carbocycles. The van der Waals surface area contributed by atoms with Gasteiger partial charge in [-0.3, -0.25) is 9.69 Å². The molecular weight excluding hydrogens is 230 g/mol. The molecule has 102 valence electrons. The number of rotatable bonds is 3. The molecule has 4 nitrogen and oxygen atoms in total. The minimum atomic E-state index is -0.634. The highest BCUT2D eigenvalue weighted by atomic mass is 16.5. The second-order valence-corrected chi connectivity index (χ2v) is 6.20. The monoisotopic (exact) mass is 253 g/mol. The largest absolute Gasteiger partial charge is 0.481 e. The standard InChI is InChI=1S/C14H23NO3/c1-9-13(4-5-18-9)15-11-2-3-12(15)7-10(6-11)8-14(16)17/h9-13H,2-8H2,1H3,(H,16,17). The molecule has 0 aromatic heterocycles. The molecular formula is C14H23NO3. The first-order valence-electron chi connectivity index (χ1n) is 7.26. The second kappa shape index (κ2) is 4.82. The Labute approximate surface area is 108 Å². The van der Waals surface area contributed by atoms with E-state index in [2.05, 4.69) is 11.8 Å². The number of hydrogen-bond donors (Lipinski definition) is 1. The summed E-state index contributed by atoms with van der Waals surface area (Å²) in [7, 11) is 0. The molecule has 4 atom stereocenters. The molecule has 0 radical (unpaired) electrons. The molecule has 0 aromatic carbocycles. The summed E-state index contributed by atoms with van der Waals surface area (Å²) in [5, 5.41) is 8.94. The molecule has 0 aromatic rings. The summed E-state index contributed by atoms with van der Waals surface area (Å²) in [6, 6.07) is 1.80. The Morgan fingerprint density at radius 2 is 1.94 bits per heavy atom. The zero-order valence-corrected chi connectivity index (χ0v) is 11.0. The predicted molar refractivity (Wildman–Crippen MR) is 67.4 cm³/mol. The van der Waals surface area contributed by atoms with Crippen LogP contribution in [0.5, 0.6) is 0 Å². The van der Waals surface area contributed by atoms with Crippen molar-refractivity contribution in [2.75, 3.05) is 6.61 Å². The summed E-state index contributed by atoms with van der Waals surface area (Å²) in [5.41, 5.74) is 0. The number of aliphatic carboxylic acids is 1. The molecule has 3 rings (SSSR count). The van der Waals surface area contributed by atoms with Gasteiger partial charge in [-0.25, -0.2) is 0 Å². The van der Waals surface area contributed by atoms with Crippen LogP contribution < -0.4 is 0 Å². The average Bonchev–Trinajstić information content (AvgIpc) is 2.80. The van der Waals surface area contributed by atoms with Crippen LogP contribution in [-0.4, -0.2) is 46.8 Å². The molecule has 2 bridgehead atoms. The molecule has 4 unspecified atom stereocenters. The second-order valence-electron chi connectivity index (χ2n) is 6.20. The summed E-state index contributed by atoms with van der Waals surface area (Å²) in [5.74, 6) is -0.237. The zero-order valence-electron chi connectivity index (χ0n) is 11.0. The van der Waals surface area contributed by atoms with Gasteiger partial charge in [0.1, 0.15) is 0 Å². The molecule has 3 saturated heterocycles. The highest BCUT2D eigenvalue weighted by Crippen LogP contribution is 2.43. The van der Waals surface area contributed by atoms with Crippen molar-refractivity contribution in [2.45, 2.75) is 69.7 Å². The van der Waals surface area contributed by atoms with Crippen LogP contribution >= 0.6 is 0 Å². The van der Waals surface area contributed by atoms with Crippen LogP contribution in [-0.2, 0) is 9.53 Å². The minimum absolute atomic E-state index is 0.351. The van der Waals surface area contributed by atoms with Gasteiger partial charge in [-0.2, -0.15) is 0 Å². The molecule has 3 aliphatic heterocycles. The SMILES string of the molecule is CC1OCCC1N1C2CCC1CC(CC(=O)O)C2. The lowest BCUT2D eigenvalue weighted by Crippen LogP contribution is -2.51. The van der Waals surface area contributed by atoms with E-state index in [9.17, 15) is 4.79 Å². The van der Waals surface area contributed by atoms with Gasteiger partial charge in [0.25, 0.3) is 0 Å². The lowest BCUT2D eigenvalue weighted by molar-refractivity contribution is -0.138. The van der Waals surface area contributed by atoms with Gasteiger partial charge in [0.2, 0.25) is 0 Å². The van der Waals surface area contributed by atoms with Crippen molar-refractivity contribution in [3.63, 3.8) is 0 Å². The van der Waals surface area contributed by atoms with Crippen molar-refractivity contribution >= 4 is 5.97 Å². The van der Waals surface area contributed by atoms with Crippen LogP contribution in [0.4, 0.5) is 0 Å². The maximum atomic E-state index is 10.9. The Balaban J connectivity index is 1.67. The van der Waals surface area contributed by atoms with Crippen LogP contribution in [0.15, 0.2) is 0 Å². The fraction of sp³-hybridized carbons (Fsp3) is 0.929. The van der Waals surface area contributed by atoms with Crippen molar-refractivity contribution in [1.29, 1.82) is 0 Å². The predicted octanol–water partition coefficient (Wildman–Crippen LogP) is 1.88. The summed E-state index contributed by atoms with van der Waals surface area (Å²) in [6.07, 6.45) is 6.52. The van der Waals surface area contributed by atoms with Gasteiger partial charge in [-0.05, 0) is 44.9 Å². The average molecular weight is 253 g/mol. The third kappa shape index (κ3) is 2.16. The molecule has 3 aliphatic rings. The van der Waals surface area contributed by atoms with Gasteiger partial charge in [0, 0.05) is 31.2 Å². The van der Waals surface area contributed by atoms with Crippen molar-refractivity contribution in [1.82, 2.24) is 4.90 Å². The van der Waals surface area contributed by atoms with Gasteiger partial charge >= 0.3 is 5.97 Å². The molecule has 18 heavy (non-hydrogen) atoms. The topological polar surface area (TPSA) is 49.8 Å². The highest BCUT2D eigenvalue weighted by molar-refractivity contribution is 5.67. The molecule has 0 saturated carbocycles. The number of hydrogen-bond acceptors (Lipinski definition) is 3. The maximum Gasteiger partial charge on any atom is 0.303 e. The summed E-state index contributed by atoms with van der Waals surface area (Å²) < 4.78 is 5.70. The first kappa shape index (κ1) is 12.4. The number of ether oxygens (including phenoxy) is 1. The summed E-state index contributed by atoms with van der Waals surface area (Å²) >= 11 is 0. The lowest BCUT2D eigenvalue weighted by Gasteiger charge is -2.43. The fourth-order valence-electron chi connectivity index (χ4n) is 4.39. The smallest absolute Gasteiger partial charge is 0.303 e. The van der Waals surface area contributed by atoms with E-state index in [1.54, 1.807) is 0 Å². The van der Waals surface area contributed by atoms with E-state index >= 15 is 0 Å². The van der Waals surface area contributed by atoms with Crippen molar-refractivity contribution in [3.8, 4) is 0 Å². The van der Waals surface area contributed by atoms with E-state index in [4.69, 9.17) is 9.84 Å². The maximum absolute atomic E-state index is 10.9. The highest BCUT2D eigenvalue weighted by Gasteiger charge is 2.46. The van der Waals surface area contributed by atoms with E-state index in [0.29, 0.717) is 36.6 Å². The van der Waals surface area contributed by atoms with Gasteiger partial charge in [-0.15, -0.1) is 0 Å². The molecule has 4 heteroatoms. The fourth-order valence-corrected chi connectivity index (χ4v) is 4.39. The van der Waals surface area contributed by atoms with Gasteiger partial charge in [0.15, 0.2) is 0 Å². The molecule has 0 amide bonds.